The summed E-state index contributed by atoms with van der Waals surface area (Å²) in [7, 11) is -16.4. The van der Waals surface area contributed by atoms with Crippen molar-refractivity contribution in [3.05, 3.63) is 34.5 Å². The van der Waals surface area contributed by atoms with Crippen LogP contribution < -0.4 is 0 Å². The second-order valence-electron chi connectivity index (χ2n) is 6.52. The predicted molar refractivity (Wildman–Crippen MR) is 105 cm³/mol. The van der Waals surface area contributed by atoms with Gasteiger partial charge in [-0.1, -0.05) is 18.7 Å². The van der Waals surface area contributed by atoms with Gasteiger partial charge in [0.25, 0.3) is 0 Å². The molecule has 0 amide bonds. The van der Waals surface area contributed by atoms with Crippen molar-refractivity contribution in [2.24, 2.45) is 5.92 Å². The van der Waals surface area contributed by atoms with E-state index < -0.39 is 48.4 Å². The lowest BCUT2D eigenvalue weighted by molar-refractivity contribution is -0.0263. The molecule has 2 heterocycles. The topological polar surface area (TPSA) is 189 Å². The number of aliphatic hydroxyl groups excluding tert-OH is 1. The van der Waals surface area contributed by atoms with Gasteiger partial charge < -0.3 is 29.4 Å². The lowest BCUT2D eigenvalue weighted by atomic mass is 9.86. The van der Waals surface area contributed by atoms with Gasteiger partial charge in [0.2, 0.25) is 0 Å². The van der Waals surface area contributed by atoms with Gasteiger partial charge in [-0.25, -0.2) is 13.7 Å². The summed E-state index contributed by atoms with van der Waals surface area (Å²) >= 11 is 1.52. The van der Waals surface area contributed by atoms with Gasteiger partial charge in [-0.3, -0.25) is 4.52 Å². The van der Waals surface area contributed by atoms with E-state index >= 15 is 0 Å². The van der Waals surface area contributed by atoms with Crippen molar-refractivity contribution < 1.29 is 56.3 Å². The van der Waals surface area contributed by atoms with Gasteiger partial charge in [-0.05, 0) is 22.6 Å². The quantitative estimate of drug-likeness (QED) is 0.325. The summed E-state index contributed by atoms with van der Waals surface area (Å²) in [5.74, 6) is -0.234. The Morgan fingerprint density at radius 1 is 1.17 bits per heavy atom. The minimum absolute atomic E-state index is 0.180. The third-order valence-corrected chi connectivity index (χ3v) is 9.15. The molecule has 168 valence electrons. The molecule has 1 aromatic heterocycles. The Labute approximate surface area is 174 Å². The highest BCUT2D eigenvalue weighted by Crippen LogP contribution is 2.66. The van der Waals surface area contributed by atoms with Crippen LogP contribution in [0.2, 0.25) is 0 Å². The molecule has 1 aliphatic heterocycles. The molecule has 12 nitrogen and oxygen atoms in total. The van der Waals surface area contributed by atoms with Crippen LogP contribution in [0.1, 0.15) is 16.9 Å². The van der Waals surface area contributed by atoms with E-state index in [2.05, 4.69) is 19.7 Å². The molecule has 0 saturated carbocycles. The monoisotopic (exact) mass is 504 g/mol. The highest BCUT2D eigenvalue weighted by molar-refractivity contribution is 7.66. The zero-order valence-electron chi connectivity index (χ0n) is 15.1. The Kier molecular flexibility index (Phi) is 7.09. The molecule has 1 aliphatic carbocycles. The predicted octanol–water partition coefficient (Wildman–Crippen LogP) is 2.27. The normalized spacial score (nSPS) is 30.6. The second-order valence-corrected chi connectivity index (χ2v) is 11.9. The van der Waals surface area contributed by atoms with Crippen LogP contribution in [0.15, 0.2) is 24.1 Å². The lowest BCUT2D eigenvalue weighted by Gasteiger charge is -2.25. The Balaban J connectivity index is 1.58. The van der Waals surface area contributed by atoms with Gasteiger partial charge in [0, 0.05) is 17.2 Å². The van der Waals surface area contributed by atoms with Gasteiger partial charge in [-0.15, -0.1) is 11.3 Å². The lowest BCUT2D eigenvalue weighted by Crippen LogP contribution is -2.27. The SMILES string of the molecule is C=C1c2sccc2C=CC1[C@H]1CC(O)[C@@H](COP(=O)(O)OP(=O)(O)OP(=O)(O)O)O1. The number of thiophene rings is 1. The Hall–Kier alpha value is -0.490. The van der Waals surface area contributed by atoms with Crippen LogP contribution in [0.25, 0.3) is 11.6 Å². The van der Waals surface area contributed by atoms with Crippen LogP contribution >= 0.6 is 34.8 Å². The first-order valence-electron chi connectivity index (χ1n) is 8.33. The maximum Gasteiger partial charge on any atom is 0.490 e. The minimum Gasteiger partial charge on any atom is -0.390 e. The molecule has 0 spiro atoms. The van der Waals surface area contributed by atoms with Crippen molar-refractivity contribution in [3.63, 3.8) is 0 Å². The number of rotatable bonds is 8. The average Bonchev–Trinajstić information content (AvgIpc) is 3.17. The molecule has 1 saturated heterocycles. The standard InChI is InChI=1S/C14H19O12P3S/c1-8-10(3-2-9-4-5-30-14(8)9)12-6-11(15)13(24-12)7-23-28(19,20)26-29(21,22)25-27(16,17)18/h2-5,10-13,15H,1,6-7H2,(H,19,20)(H,21,22)(H2,16,17,18)/t10?,11?,12-,13-/m1/s1. The summed E-state index contributed by atoms with van der Waals surface area (Å²) in [6, 6.07) is 1.95. The van der Waals surface area contributed by atoms with Gasteiger partial charge >= 0.3 is 23.5 Å². The summed E-state index contributed by atoms with van der Waals surface area (Å²) in [6.45, 7) is 3.38. The Morgan fingerprint density at radius 2 is 1.87 bits per heavy atom. The Bertz CT molecular complexity index is 983. The molecule has 4 unspecified atom stereocenters. The fourth-order valence-corrected chi connectivity index (χ4v) is 7.09. The second kappa shape index (κ2) is 8.80. The molecule has 5 N–H and O–H groups in total. The van der Waals surface area contributed by atoms with E-state index in [0.717, 1.165) is 16.0 Å². The summed E-state index contributed by atoms with van der Waals surface area (Å²) in [5, 5.41) is 12.1. The van der Waals surface area contributed by atoms with Crippen LogP contribution in [0.5, 0.6) is 0 Å². The molecule has 1 aromatic rings. The van der Waals surface area contributed by atoms with Crippen molar-refractivity contribution in [1.29, 1.82) is 0 Å². The summed E-state index contributed by atoms with van der Waals surface area (Å²) in [5.41, 5.74) is 1.84. The first kappa shape index (κ1) is 24.2. The fraction of sp³-hybridized carbons (Fsp3) is 0.429. The van der Waals surface area contributed by atoms with Gasteiger partial charge in [0.15, 0.2) is 0 Å². The number of hydrogen-bond acceptors (Lipinski definition) is 9. The number of fused-ring (bicyclic) bond motifs is 1. The Morgan fingerprint density at radius 3 is 2.53 bits per heavy atom. The molecule has 30 heavy (non-hydrogen) atoms. The summed E-state index contributed by atoms with van der Waals surface area (Å²) < 4.78 is 51.3. The summed E-state index contributed by atoms with van der Waals surface area (Å²) in [4.78, 5) is 36.7. The number of ether oxygens (including phenoxy) is 1. The molecule has 0 aromatic carbocycles. The van der Waals surface area contributed by atoms with E-state index in [4.69, 9.17) is 19.4 Å². The number of hydrogen-bond donors (Lipinski definition) is 5. The van der Waals surface area contributed by atoms with Crippen molar-refractivity contribution in [2.45, 2.75) is 24.7 Å². The molecule has 3 rings (SSSR count). The van der Waals surface area contributed by atoms with Crippen molar-refractivity contribution in [2.75, 3.05) is 6.61 Å². The van der Waals surface area contributed by atoms with Crippen LogP contribution in [-0.4, -0.2) is 49.6 Å². The third kappa shape index (κ3) is 6.05. The van der Waals surface area contributed by atoms with E-state index in [1.165, 1.54) is 11.3 Å². The maximum absolute atomic E-state index is 11.8. The molecule has 6 atom stereocenters. The summed E-state index contributed by atoms with van der Waals surface area (Å²) in [6.07, 6.45) is 1.35. The fourth-order valence-electron chi connectivity index (χ4n) is 3.15. The molecule has 0 bridgehead atoms. The number of aliphatic hydroxyl groups is 1. The minimum atomic E-state index is -5.60. The zero-order valence-corrected chi connectivity index (χ0v) is 18.6. The smallest absolute Gasteiger partial charge is 0.390 e. The van der Waals surface area contributed by atoms with Crippen LogP contribution in [0, 0.1) is 5.92 Å². The van der Waals surface area contributed by atoms with E-state index in [1.54, 1.807) is 0 Å². The largest absolute Gasteiger partial charge is 0.490 e. The van der Waals surface area contributed by atoms with Crippen molar-refractivity contribution in [1.82, 2.24) is 0 Å². The van der Waals surface area contributed by atoms with E-state index in [-0.39, 0.29) is 12.3 Å². The van der Waals surface area contributed by atoms with Crippen LogP contribution in [0.3, 0.4) is 0 Å². The molecular weight excluding hydrogens is 485 g/mol. The molecular formula is C14H19O12P3S. The van der Waals surface area contributed by atoms with Crippen molar-refractivity contribution >= 4 is 46.5 Å². The highest BCUT2D eigenvalue weighted by atomic mass is 32.1. The third-order valence-electron chi connectivity index (χ3n) is 4.34. The van der Waals surface area contributed by atoms with Gasteiger partial charge in [-0.2, -0.15) is 8.62 Å². The van der Waals surface area contributed by atoms with E-state index in [1.807, 2.05) is 23.6 Å². The van der Waals surface area contributed by atoms with E-state index in [9.17, 15) is 23.7 Å². The average molecular weight is 504 g/mol. The molecule has 0 radical (unpaired) electrons. The molecule has 16 heteroatoms. The maximum atomic E-state index is 11.8. The van der Waals surface area contributed by atoms with Gasteiger partial charge in [0.1, 0.15) is 6.10 Å². The van der Waals surface area contributed by atoms with Crippen LogP contribution in [-0.2, 0) is 31.6 Å². The van der Waals surface area contributed by atoms with Gasteiger partial charge in [0.05, 0.1) is 18.8 Å². The molecule has 1 fully saturated rings. The number of phosphoric ester groups is 1. The zero-order chi connectivity index (χ0) is 22.3. The van der Waals surface area contributed by atoms with E-state index in [0.29, 0.717) is 0 Å². The highest BCUT2D eigenvalue weighted by Gasteiger charge is 2.44. The number of phosphoric acid groups is 3. The van der Waals surface area contributed by atoms with Crippen molar-refractivity contribution in [3.8, 4) is 0 Å². The first-order chi connectivity index (χ1) is 13.8. The van der Waals surface area contributed by atoms with Crippen LogP contribution in [0.4, 0.5) is 0 Å². The first-order valence-corrected chi connectivity index (χ1v) is 13.7. The molecule has 2 aliphatic rings.